The summed E-state index contributed by atoms with van der Waals surface area (Å²) in [6.07, 6.45) is 3.40. The molecule has 0 unspecified atom stereocenters. The van der Waals surface area contributed by atoms with E-state index in [-0.39, 0.29) is 17.6 Å². The minimum absolute atomic E-state index is 0.0646. The van der Waals surface area contributed by atoms with Gasteiger partial charge in [0.25, 0.3) is 5.91 Å². The van der Waals surface area contributed by atoms with Gasteiger partial charge in [-0.3, -0.25) is 9.48 Å². The number of amides is 1. The van der Waals surface area contributed by atoms with E-state index in [2.05, 4.69) is 12.0 Å². The van der Waals surface area contributed by atoms with Crippen LogP contribution in [0.5, 0.6) is 0 Å². The van der Waals surface area contributed by atoms with Crippen LogP contribution in [0.1, 0.15) is 35.8 Å². The van der Waals surface area contributed by atoms with Crippen LogP contribution in [0.15, 0.2) is 6.20 Å². The van der Waals surface area contributed by atoms with Crippen molar-refractivity contribution >= 4 is 15.9 Å². The number of aromatic nitrogens is 2. The molecule has 0 saturated carbocycles. The Balaban J connectivity index is 2.04. The van der Waals surface area contributed by atoms with Gasteiger partial charge in [0.1, 0.15) is 0 Å². The van der Waals surface area contributed by atoms with Crippen molar-refractivity contribution in [1.82, 2.24) is 14.7 Å². The predicted molar refractivity (Wildman–Crippen MR) is 79.2 cm³/mol. The molecule has 0 radical (unpaired) electrons. The van der Waals surface area contributed by atoms with Crippen LogP contribution >= 0.6 is 0 Å². The zero-order valence-corrected chi connectivity index (χ0v) is 13.3. The summed E-state index contributed by atoms with van der Waals surface area (Å²) in [6, 6.07) is 0. The molecule has 2 heterocycles. The molecule has 0 bridgehead atoms. The number of likely N-dealkylation sites (tertiary alicyclic amines) is 1. The first-order chi connectivity index (χ1) is 9.80. The van der Waals surface area contributed by atoms with Crippen LogP contribution in [0.3, 0.4) is 0 Å². The second kappa shape index (κ2) is 6.15. The number of carbonyl (C=O) groups excluding carboxylic acids is 1. The van der Waals surface area contributed by atoms with Crippen molar-refractivity contribution < 1.29 is 13.2 Å². The Morgan fingerprint density at radius 2 is 2.24 bits per heavy atom. The van der Waals surface area contributed by atoms with Crippen LogP contribution in [0.2, 0.25) is 0 Å². The zero-order valence-electron chi connectivity index (χ0n) is 12.4. The summed E-state index contributed by atoms with van der Waals surface area (Å²) in [5.74, 6) is -0.216. The van der Waals surface area contributed by atoms with Gasteiger partial charge in [-0.05, 0) is 25.7 Å². The highest BCUT2D eigenvalue weighted by molar-refractivity contribution is 7.89. The van der Waals surface area contributed by atoms with Gasteiger partial charge in [-0.15, -0.1) is 0 Å². The van der Waals surface area contributed by atoms with Crippen LogP contribution in [0.25, 0.3) is 0 Å². The van der Waals surface area contributed by atoms with Gasteiger partial charge >= 0.3 is 0 Å². The molecule has 1 aromatic rings. The van der Waals surface area contributed by atoms with Crippen molar-refractivity contribution in [3.63, 3.8) is 0 Å². The molecule has 1 fully saturated rings. The number of hydrogen-bond donors (Lipinski definition) is 1. The minimum atomic E-state index is -3.49. The average Bonchev–Trinajstić information content (AvgIpc) is 2.94. The Bertz CT molecular complexity index is 623. The van der Waals surface area contributed by atoms with Crippen LogP contribution in [-0.2, 0) is 16.6 Å². The molecule has 2 rings (SSSR count). The van der Waals surface area contributed by atoms with Crippen LogP contribution in [-0.4, -0.2) is 47.8 Å². The number of hydrogen-bond acceptors (Lipinski definition) is 4. The largest absolute Gasteiger partial charge is 0.338 e. The molecule has 0 aliphatic carbocycles. The monoisotopic (exact) mass is 314 g/mol. The average molecular weight is 314 g/mol. The SMILES string of the molecule is CCCn1cc(C(=O)N2CC[C@H](CS(N)(=O)=O)C2)c(C)n1. The van der Waals surface area contributed by atoms with Crippen LogP contribution in [0, 0.1) is 12.8 Å². The first-order valence-electron chi connectivity index (χ1n) is 7.14. The summed E-state index contributed by atoms with van der Waals surface area (Å²) < 4.78 is 24.0. The van der Waals surface area contributed by atoms with Crippen molar-refractivity contribution in [2.24, 2.45) is 11.1 Å². The summed E-state index contributed by atoms with van der Waals surface area (Å²) in [5.41, 5.74) is 1.31. The Labute approximate surface area is 125 Å². The lowest BCUT2D eigenvalue weighted by atomic mass is 10.2. The van der Waals surface area contributed by atoms with Crippen molar-refractivity contribution in [3.05, 3.63) is 17.5 Å². The van der Waals surface area contributed by atoms with E-state index in [4.69, 9.17) is 5.14 Å². The number of sulfonamides is 1. The van der Waals surface area contributed by atoms with E-state index in [1.807, 2.05) is 6.92 Å². The molecule has 21 heavy (non-hydrogen) atoms. The van der Waals surface area contributed by atoms with Crippen molar-refractivity contribution in [2.75, 3.05) is 18.8 Å². The summed E-state index contributed by atoms with van der Waals surface area (Å²) in [7, 11) is -3.49. The maximum atomic E-state index is 12.5. The van der Waals surface area contributed by atoms with E-state index in [1.165, 1.54) is 0 Å². The van der Waals surface area contributed by atoms with Gasteiger partial charge in [0.2, 0.25) is 10.0 Å². The maximum Gasteiger partial charge on any atom is 0.257 e. The highest BCUT2D eigenvalue weighted by Crippen LogP contribution is 2.20. The van der Waals surface area contributed by atoms with Gasteiger partial charge in [-0.2, -0.15) is 5.10 Å². The zero-order chi connectivity index (χ0) is 15.6. The molecule has 1 aliphatic heterocycles. The molecule has 1 amide bonds. The molecule has 1 aromatic heterocycles. The molecule has 2 N–H and O–H groups in total. The number of nitrogens with two attached hydrogens (primary N) is 1. The lowest BCUT2D eigenvalue weighted by Crippen LogP contribution is -2.31. The standard InChI is InChI=1S/C13H22N4O3S/c1-3-5-17-8-12(10(2)15-17)13(18)16-6-4-11(7-16)9-21(14,19)20/h8,11H,3-7,9H2,1-2H3,(H2,14,19,20)/t11-/m0/s1. The van der Waals surface area contributed by atoms with Gasteiger partial charge in [0, 0.05) is 25.8 Å². The number of primary sulfonamides is 1. The molecule has 8 heteroatoms. The normalized spacial score (nSPS) is 19.2. The molecule has 0 spiro atoms. The third-order valence-electron chi connectivity index (χ3n) is 3.67. The minimum Gasteiger partial charge on any atom is -0.338 e. The Kier molecular flexibility index (Phi) is 4.67. The van der Waals surface area contributed by atoms with Crippen molar-refractivity contribution in [3.8, 4) is 0 Å². The van der Waals surface area contributed by atoms with E-state index in [9.17, 15) is 13.2 Å². The molecular formula is C13H22N4O3S. The Morgan fingerprint density at radius 1 is 1.52 bits per heavy atom. The number of nitrogens with zero attached hydrogens (tertiary/aromatic N) is 3. The highest BCUT2D eigenvalue weighted by atomic mass is 32.2. The van der Waals surface area contributed by atoms with Crippen molar-refractivity contribution in [1.29, 1.82) is 0 Å². The molecule has 0 aromatic carbocycles. The predicted octanol–water partition coefficient (Wildman–Crippen LogP) is 0.352. The van der Waals surface area contributed by atoms with Gasteiger partial charge in [-0.1, -0.05) is 6.92 Å². The molecule has 1 atom stereocenters. The molecule has 1 saturated heterocycles. The van der Waals surface area contributed by atoms with E-state index in [0.29, 0.717) is 30.8 Å². The van der Waals surface area contributed by atoms with Crippen LogP contribution < -0.4 is 5.14 Å². The Hall–Kier alpha value is -1.41. The van der Waals surface area contributed by atoms with E-state index in [0.717, 1.165) is 13.0 Å². The van der Waals surface area contributed by atoms with E-state index >= 15 is 0 Å². The lowest BCUT2D eigenvalue weighted by molar-refractivity contribution is 0.0787. The second-order valence-electron chi connectivity index (χ2n) is 5.63. The van der Waals surface area contributed by atoms with Gasteiger partial charge < -0.3 is 4.90 Å². The Morgan fingerprint density at radius 3 is 2.86 bits per heavy atom. The second-order valence-corrected chi connectivity index (χ2v) is 7.29. The fourth-order valence-corrected chi connectivity index (χ4v) is 3.65. The maximum absolute atomic E-state index is 12.5. The van der Waals surface area contributed by atoms with Crippen LogP contribution in [0.4, 0.5) is 0 Å². The first-order valence-corrected chi connectivity index (χ1v) is 8.85. The quantitative estimate of drug-likeness (QED) is 0.848. The summed E-state index contributed by atoms with van der Waals surface area (Å²) in [5, 5.41) is 9.39. The fraction of sp³-hybridized carbons (Fsp3) is 0.692. The number of carbonyl (C=O) groups is 1. The van der Waals surface area contributed by atoms with Gasteiger partial charge in [-0.25, -0.2) is 13.6 Å². The van der Waals surface area contributed by atoms with Crippen molar-refractivity contribution in [2.45, 2.75) is 33.2 Å². The number of rotatable bonds is 5. The highest BCUT2D eigenvalue weighted by Gasteiger charge is 2.30. The molecule has 118 valence electrons. The fourth-order valence-electron chi connectivity index (χ4n) is 2.72. The number of aryl methyl sites for hydroxylation is 2. The lowest BCUT2D eigenvalue weighted by Gasteiger charge is -2.15. The third kappa shape index (κ3) is 4.04. The third-order valence-corrected chi connectivity index (χ3v) is 4.61. The summed E-state index contributed by atoms with van der Waals surface area (Å²) >= 11 is 0. The first kappa shape index (κ1) is 16.0. The summed E-state index contributed by atoms with van der Waals surface area (Å²) in [4.78, 5) is 14.2. The van der Waals surface area contributed by atoms with Gasteiger partial charge in [0.05, 0.1) is 17.0 Å². The smallest absolute Gasteiger partial charge is 0.257 e. The molecule has 1 aliphatic rings. The topological polar surface area (TPSA) is 98.3 Å². The van der Waals surface area contributed by atoms with E-state index in [1.54, 1.807) is 15.8 Å². The molecular weight excluding hydrogens is 292 g/mol. The summed E-state index contributed by atoms with van der Waals surface area (Å²) in [6.45, 7) is 5.65. The van der Waals surface area contributed by atoms with E-state index < -0.39 is 10.0 Å². The molecule has 7 nitrogen and oxygen atoms in total. The van der Waals surface area contributed by atoms with Gasteiger partial charge in [0.15, 0.2) is 0 Å².